The van der Waals surface area contributed by atoms with Gasteiger partial charge in [0.1, 0.15) is 5.02 Å². The Morgan fingerprint density at radius 2 is 1.71 bits per heavy atom. The zero-order chi connectivity index (χ0) is 25.8. The fourth-order valence-electron chi connectivity index (χ4n) is 5.33. The summed E-state index contributed by atoms with van der Waals surface area (Å²) in [6, 6.07) is 8.46. The molecule has 2 saturated carbocycles. The Kier molecular flexibility index (Phi) is 6.36. The molecule has 184 valence electrons. The Bertz CT molecular complexity index is 1270. The molecule has 2 aliphatic carbocycles. The second-order valence-electron chi connectivity index (χ2n) is 9.67. The van der Waals surface area contributed by atoms with Crippen LogP contribution in [0.2, 0.25) is 15.1 Å². The maximum atomic E-state index is 13.6. The summed E-state index contributed by atoms with van der Waals surface area (Å²) in [6.45, 7) is 6.03. The first-order chi connectivity index (χ1) is 16.3. The van der Waals surface area contributed by atoms with E-state index in [1.807, 2.05) is 20.8 Å². The largest absolute Gasteiger partial charge is 0.365 e. The summed E-state index contributed by atoms with van der Waals surface area (Å²) in [4.78, 5) is 41.8. The lowest BCUT2D eigenvalue weighted by Gasteiger charge is -2.39. The molecule has 8 nitrogen and oxygen atoms in total. The molecule has 0 radical (unpaired) electrons. The highest BCUT2D eigenvalue weighted by Gasteiger charge is 2.71. The van der Waals surface area contributed by atoms with E-state index in [4.69, 9.17) is 39.6 Å². The molecule has 11 heteroatoms. The van der Waals surface area contributed by atoms with Gasteiger partial charge in [0.2, 0.25) is 5.91 Å². The molecule has 2 unspecified atom stereocenters. The van der Waals surface area contributed by atoms with Crippen molar-refractivity contribution < 1.29 is 19.3 Å². The Balaban J connectivity index is 1.59. The Hall–Kier alpha value is -2.68. The summed E-state index contributed by atoms with van der Waals surface area (Å²) in [5.74, 6) is -1.04. The molecule has 0 heterocycles. The summed E-state index contributed by atoms with van der Waals surface area (Å²) in [5, 5.41) is 18.9. The number of benzene rings is 2. The van der Waals surface area contributed by atoms with Crippen LogP contribution in [0.4, 0.5) is 11.4 Å². The number of hydrogen-bond donors (Lipinski definition) is 1. The van der Waals surface area contributed by atoms with Crippen molar-refractivity contribution >= 4 is 63.8 Å². The number of nitrogens with zero attached hydrogens (tertiary/aromatic N) is 2. The van der Waals surface area contributed by atoms with Crippen LogP contribution in [-0.2, 0) is 9.63 Å². The number of oxime groups is 1. The first-order valence-electron chi connectivity index (χ1n) is 10.8. The van der Waals surface area contributed by atoms with Crippen LogP contribution in [0.1, 0.15) is 50.4 Å². The minimum absolute atomic E-state index is 0.0525. The minimum Gasteiger partial charge on any atom is -0.325 e. The molecular weight excluding hydrogens is 517 g/mol. The van der Waals surface area contributed by atoms with Gasteiger partial charge in [-0.05, 0) is 48.6 Å². The van der Waals surface area contributed by atoms with E-state index < -0.39 is 32.8 Å². The molecule has 0 saturated heterocycles. The lowest BCUT2D eigenvalue weighted by molar-refractivity contribution is -0.384. The first kappa shape index (κ1) is 25.4. The van der Waals surface area contributed by atoms with Crippen molar-refractivity contribution in [2.75, 3.05) is 5.32 Å². The minimum atomic E-state index is -0.853. The number of nitrogens with one attached hydrogen (secondary N) is 1. The lowest BCUT2D eigenvalue weighted by Crippen LogP contribution is -2.43. The van der Waals surface area contributed by atoms with E-state index in [-0.39, 0.29) is 16.5 Å². The summed E-state index contributed by atoms with van der Waals surface area (Å²) < 4.78 is 0. The Morgan fingerprint density at radius 1 is 1.06 bits per heavy atom. The average molecular weight is 539 g/mol. The first-order valence-corrected chi connectivity index (χ1v) is 11.9. The third-order valence-corrected chi connectivity index (χ3v) is 8.66. The fraction of sp³-hybridized carbons (Fsp3) is 0.375. The monoisotopic (exact) mass is 537 g/mol. The number of halogens is 3. The molecule has 2 atom stereocenters. The van der Waals surface area contributed by atoms with Crippen molar-refractivity contribution in [2.45, 2.75) is 40.0 Å². The van der Waals surface area contributed by atoms with E-state index >= 15 is 0 Å². The molecule has 0 aliphatic heterocycles. The van der Waals surface area contributed by atoms with Crippen LogP contribution in [0.15, 0.2) is 41.6 Å². The molecule has 0 spiro atoms. The highest BCUT2D eigenvalue weighted by Crippen LogP contribution is 2.71. The number of carbonyl (C=O) groups is 2. The zero-order valence-electron chi connectivity index (χ0n) is 19.2. The highest BCUT2D eigenvalue weighted by atomic mass is 35.5. The van der Waals surface area contributed by atoms with Crippen molar-refractivity contribution in [1.82, 2.24) is 0 Å². The summed E-state index contributed by atoms with van der Waals surface area (Å²) in [5.41, 5.74) is -1.17. The number of nitro groups is 1. The van der Waals surface area contributed by atoms with Crippen molar-refractivity contribution in [3.63, 3.8) is 0 Å². The third-order valence-electron chi connectivity index (χ3n) is 7.91. The van der Waals surface area contributed by atoms with Gasteiger partial charge >= 0.3 is 5.97 Å². The van der Waals surface area contributed by atoms with Crippen LogP contribution in [0, 0.1) is 26.4 Å². The number of fused-ring (bicyclic) bond motifs is 2. The maximum absolute atomic E-state index is 13.6. The molecule has 2 aliphatic rings. The van der Waals surface area contributed by atoms with E-state index in [1.165, 1.54) is 12.1 Å². The topological polar surface area (TPSA) is 111 Å². The molecule has 4 rings (SSSR count). The maximum Gasteiger partial charge on any atom is 0.365 e. The van der Waals surface area contributed by atoms with Crippen molar-refractivity contribution in [3.8, 4) is 0 Å². The van der Waals surface area contributed by atoms with Crippen LogP contribution >= 0.6 is 34.8 Å². The number of hydrogen-bond acceptors (Lipinski definition) is 6. The third kappa shape index (κ3) is 4.07. The van der Waals surface area contributed by atoms with Crippen LogP contribution in [0.3, 0.4) is 0 Å². The van der Waals surface area contributed by atoms with Crippen LogP contribution < -0.4 is 5.32 Å². The van der Waals surface area contributed by atoms with Crippen molar-refractivity contribution in [1.29, 1.82) is 0 Å². The second-order valence-corrected chi connectivity index (χ2v) is 10.9. The second kappa shape index (κ2) is 8.76. The van der Waals surface area contributed by atoms with Gasteiger partial charge in [-0.15, -0.1) is 0 Å². The van der Waals surface area contributed by atoms with Crippen molar-refractivity contribution in [3.05, 3.63) is 67.1 Å². The van der Waals surface area contributed by atoms with Crippen LogP contribution in [-0.4, -0.2) is 22.5 Å². The van der Waals surface area contributed by atoms with E-state index in [0.717, 1.165) is 6.07 Å². The standard InChI is InChI=1S/C24H22Cl3N3O5/c1-22(2)23(3)6-7-24(22,21(32)28-16-10-14(25)9-15(26)11-16)12-19(23)29-35-20(31)13-4-5-17(27)18(8-13)30(33)34/h4-5,8-11H,6-7,12H2,1-3H3,(H,28,32)/b29-19-. The van der Waals surface area contributed by atoms with Crippen molar-refractivity contribution in [2.24, 2.45) is 21.4 Å². The number of nitro benzene ring substituents is 1. The predicted octanol–water partition coefficient (Wildman–Crippen LogP) is 6.92. The van der Waals surface area contributed by atoms with Gasteiger partial charge in [-0.1, -0.05) is 60.7 Å². The summed E-state index contributed by atoms with van der Waals surface area (Å²) >= 11 is 18.0. The smallest absolute Gasteiger partial charge is 0.325 e. The van der Waals surface area contributed by atoms with Gasteiger partial charge in [-0.2, -0.15) is 0 Å². The Morgan fingerprint density at radius 3 is 2.34 bits per heavy atom. The molecule has 2 bridgehead atoms. The number of anilines is 1. The molecule has 2 aromatic rings. The van der Waals surface area contributed by atoms with Gasteiger partial charge in [-0.25, -0.2) is 4.79 Å². The fourth-order valence-corrected chi connectivity index (χ4v) is 6.04. The molecular formula is C24H22Cl3N3O5. The van der Waals surface area contributed by atoms with Gasteiger partial charge in [0.05, 0.1) is 21.6 Å². The number of rotatable bonds is 5. The predicted molar refractivity (Wildman–Crippen MR) is 134 cm³/mol. The molecule has 2 aromatic carbocycles. The zero-order valence-corrected chi connectivity index (χ0v) is 21.4. The highest BCUT2D eigenvalue weighted by molar-refractivity contribution is 6.35. The molecule has 2 fully saturated rings. The SMILES string of the molecule is CC12CCC(C(=O)Nc3cc(Cl)cc(Cl)c3)(C/C1=N/OC(=O)c1ccc(Cl)c([N+](=O)[O-])c1)C2(C)C. The van der Waals surface area contributed by atoms with Gasteiger partial charge in [0, 0.05) is 33.6 Å². The van der Waals surface area contributed by atoms with Gasteiger partial charge in [0.25, 0.3) is 5.69 Å². The molecule has 35 heavy (non-hydrogen) atoms. The normalized spacial score (nSPS) is 25.5. The number of amides is 1. The van der Waals surface area contributed by atoms with E-state index in [0.29, 0.717) is 40.7 Å². The molecule has 1 amide bonds. The summed E-state index contributed by atoms with van der Waals surface area (Å²) in [7, 11) is 0. The van der Waals surface area contributed by atoms with Crippen LogP contribution in [0.25, 0.3) is 0 Å². The van der Waals surface area contributed by atoms with E-state index in [1.54, 1.807) is 18.2 Å². The quantitative estimate of drug-likeness (QED) is 0.252. The van der Waals surface area contributed by atoms with Gasteiger partial charge in [0.15, 0.2) is 0 Å². The lowest BCUT2D eigenvalue weighted by atomic mass is 9.64. The average Bonchev–Trinajstić information content (AvgIpc) is 3.07. The Labute approximate surface area is 216 Å². The van der Waals surface area contributed by atoms with Crippen LogP contribution in [0.5, 0.6) is 0 Å². The summed E-state index contributed by atoms with van der Waals surface area (Å²) in [6.07, 6.45) is 1.60. The van der Waals surface area contributed by atoms with Gasteiger partial charge < -0.3 is 10.2 Å². The molecule has 0 aromatic heterocycles. The van der Waals surface area contributed by atoms with E-state index in [9.17, 15) is 19.7 Å². The van der Waals surface area contributed by atoms with E-state index in [2.05, 4.69) is 10.5 Å². The number of carbonyl (C=O) groups excluding carboxylic acids is 2. The molecule has 1 N–H and O–H groups in total. The van der Waals surface area contributed by atoms with Gasteiger partial charge in [-0.3, -0.25) is 14.9 Å².